The van der Waals surface area contributed by atoms with Crippen molar-refractivity contribution < 1.29 is 33.6 Å². The molecule has 2 fully saturated rings. The number of amides is 2. The maximum Gasteiger partial charge on any atom is 0.409 e. The summed E-state index contributed by atoms with van der Waals surface area (Å²) in [6.07, 6.45) is -0.281. The highest BCUT2D eigenvalue weighted by atomic mass is 16.7. The Morgan fingerprint density at radius 1 is 0.967 bits per heavy atom. The van der Waals surface area contributed by atoms with E-state index in [1.807, 2.05) is 11.0 Å². The summed E-state index contributed by atoms with van der Waals surface area (Å²) in [5.74, 6) is 1.85. The number of carbonyl (C=O) groups is 2. The molecule has 9 heteroatoms. The summed E-state index contributed by atoms with van der Waals surface area (Å²) in [5.41, 5.74) is 1.26. The fraction of sp³-hybridized carbons (Fsp3) is 0.619. The quantitative estimate of drug-likeness (QED) is 0.576. The fourth-order valence-electron chi connectivity index (χ4n) is 4.33. The molecule has 0 saturated carbocycles. The molecule has 2 amide bonds. The molecule has 3 heterocycles. The van der Waals surface area contributed by atoms with Crippen molar-refractivity contribution in [1.82, 2.24) is 9.80 Å². The number of quaternary nitrogens is 2. The zero-order valence-electron chi connectivity index (χ0n) is 17.7. The van der Waals surface area contributed by atoms with Gasteiger partial charge in [0.2, 0.25) is 6.79 Å². The summed E-state index contributed by atoms with van der Waals surface area (Å²) in [7, 11) is 0. The molecule has 9 nitrogen and oxygen atoms in total. The highest BCUT2D eigenvalue weighted by Gasteiger charge is 2.30. The van der Waals surface area contributed by atoms with Gasteiger partial charge in [0.1, 0.15) is 32.7 Å². The van der Waals surface area contributed by atoms with Gasteiger partial charge in [-0.2, -0.15) is 0 Å². The van der Waals surface area contributed by atoms with E-state index < -0.39 is 0 Å². The van der Waals surface area contributed by atoms with Crippen LogP contribution in [0.1, 0.15) is 12.5 Å². The van der Waals surface area contributed by atoms with Gasteiger partial charge >= 0.3 is 6.09 Å². The molecule has 0 aliphatic carbocycles. The number of hydrogen-bond acceptors (Lipinski definition) is 5. The minimum atomic E-state index is -0.281. The molecule has 3 aliphatic heterocycles. The average Bonchev–Trinajstić information content (AvgIpc) is 3.23. The molecule has 2 saturated heterocycles. The Balaban J connectivity index is 1.18. The molecule has 0 radical (unpaired) electrons. The predicted octanol–water partition coefficient (Wildman–Crippen LogP) is -2.00. The van der Waals surface area contributed by atoms with E-state index >= 15 is 0 Å². The standard InChI is InChI=1S/C21H30N4O5/c1-2-28-21(27)25-11-9-24(10-12-25)20(26)15-23-7-5-22(6-8-23)14-17-3-4-18-19(13-17)30-16-29-18/h3-4,13H,2,5-12,14-16H2,1H3/p+2. The van der Waals surface area contributed by atoms with Crippen LogP contribution >= 0.6 is 0 Å². The van der Waals surface area contributed by atoms with E-state index in [0.717, 1.165) is 44.2 Å². The zero-order valence-corrected chi connectivity index (χ0v) is 17.7. The van der Waals surface area contributed by atoms with Crippen LogP contribution in [0.5, 0.6) is 11.5 Å². The van der Waals surface area contributed by atoms with Crippen molar-refractivity contribution in [3.05, 3.63) is 23.8 Å². The number of ether oxygens (including phenoxy) is 3. The lowest BCUT2D eigenvalue weighted by Crippen LogP contribution is -3.28. The van der Waals surface area contributed by atoms with Gasteiger partial charge in [-0.3, -0.25) is 4.79 Å². The van der Waals surface area contributed by atoms with Crippen LogP contribution in [-0.4, -0.2) is 94.1 Å². The third kappa shape index (κ3) is 4.96. The Kier molecular flexibility index (Phi) is 6.59. The molecule has 0 bridgehead atoms. The topological polar surface area (TPSA) is 77.2 Å². The first-order valence-electron chi connectivity index (χ1n) is 10.9. The van der Waals surface area contributed by atoms with Crippen molar-refractivity contribution >= 4 is 12.0 Å². The van der Waals surface area contributed by atoms with Gasteiger partial charge in [-0.25, -0.2) is 4.79 Å². The molecule has 1 aromatic rings. The smallest absolute Gasteiger partial charge is 0.409 e. The molecular formula is C21H32N4O5+2. The second-order valence-electron chi connectivity index (χ2n) is 8.11. The van der Waals surface area contributed by atoms with E-state index in [0.29, 0.717) is 46.1 Å². The van der Waals surface area contributed by atoms with Crippen molar-refractivity contribution in [2.75, 3.05) is 72.3 Å². The van der Waals surface area contributed by atoms with E-state index in [2.05, 4.69) is 12.1 Å². The molecule has 30 heavy (non-hydrogen) atoms. The largest absolute Gasteiger partial charge is 0.454 e. The fourth-order valence-corrected chi connectivity index (χ4v) is 4.33. The lowest BCUT2D eigenvalue weighted by Gasteiger charge is -2.35. The van der Waals surface area contributed by atoms with Crippen molar-refractivity contribution in [2.24, 2.45) is 0 Å². The van der Waals surface area contributed by atoms with Crippen LogP contribution in [-0.2, 0) is 16.1 Å². The lowest BCUT2D eigenvalue weighted by atomic mass is 10.1. The third-order valence-electron chi connectivity index (χ3n) is 6.11. The number of carbonyl (C=O) groups excluding carboxylic acids is 2. The number of nitrogens with zero attached hydrogens (tertiary/aromatic N) is 2. The van der Waals surface area contributed by atoms with Gasteiger partial charge in [0.15, 0.2) is 18.0 Å². The summed E-state index contributed by atoms with van der Waals surface area (Å²) in [4.78, 5) is 30.9. The molecule has 4 rings (SSSR count). The molecule has 3 aliphatic rings. The Morgan fingerprint density at radius 3 is 2.37 bits per heavy atom. The van der Waals surface area contributed by atoms with E-state index in [4.69, 9.17) is 14.2 Å². The molecule has 2 N–H and O–H groups in total. The first-order chi connectivity index (χ1) is 14.6. The van der Waals surface area contributed by atoms with Crippen LogP contribution in [0.25, 0.3) is 0 Å². The maximum atomic E-state index is 12.7. The van der Waals surface area contributed by atoms with Gasteiger partial charge < -0.3 is 33.8 Å². The van der Waals surface area contributed by atoms with Gasteiger partial charge in [0.25, 0.3) is 5.91 Å². The van der Waals surface area contributed by atoms with E-state index in [1.54, 1.807) is 11.8 Å². The number of rotatable bonds is 5. The second-order valence-corrected chi connectivity index (χ2v) is 8.11. The van der Waals surface area contributed by atoms with Crippen LogP contribution in [0, 0.1) is 0 Å². The van der Waals surface area contributed by atoms with Crippen molar-refractivity contribution in [3.63, 3.8) is 0 Å². The van der Waals surface area contributed by atoms with Crippen molar-refractivity contribution in [2.45, 2.75) is 13.5 Å². The average molecular weight is 421 g/mol. The number of nitrogens with one attached hydrogen (secondary N) is 2. The minimum absolute atomic E-state index is 0.188. The number of piperazine rings is 2. The zero-order chi connectivity index (χ0) is 20.9. The van der Waals surface area contributed by atoms with Crippen LogP contribution in [0.2, 0.25) is 0 Å². The normalized spacial score (nSPS) is 23.4. The van der Waals surface area contributed by atoms with Gasteiger partial charge in [0, 0.05) is 31.7 Å². The molecule has 0 atom stereocenters. The molecular weight excluding hydrogens is 388 g/mol. The number of fused-ring (bicyclic) bond motifs is 1. The van der Waals surface area contributed by atoms with E-state index in [9.17, 15) is 9.59 Å². The van der Waals surface area contributed by atoms with E-state index in [1.165, 1.54) is 15.4 Å². The molecule has 1 aromatic carbocycles. The number of benzene rings is 1. The first-order valence-corrected chi connectivity index (χ1v) is 10.9. The molecule has 0 unspecified atom stereocenters. The Bertz CT molecular complexity index is 758. The Hall–Kier alpha value is -2.52. The van der Waals surface area contributed by atoms with Crippen LogP contribution < -0.4 is 19.3 Å². The first kappa shape index (κ1) is 20.7. The minimum Gasteiger partial charge on any atom is -0.454 e. The van der Waals surface area contributed by atoms with Gasteiger partial charge in [0.05, 0.1) is 6.61 Å². The Morgan fingerprint density at radius 2 is 1.63 bits per heavy atom. The SMILES string of the molecule is CCOC(=O)N1CCN(C(=O)C[NH+]2CC[NH+](Cc3ccc4c(c3)OCO4)CC2)CC1. The monoisotopic (exact) mass is 420 g/mol. The van der Waals surface area contributed by atoms with Crippen LogP contribution in [0.15, 0.2) is 18.2 Å². The second kappa shape index (κ2) is 9.53. The van der Waals surface area contributed by atoms with Gasteiger partial charge in [-0.1, -0.05) is 0 Å². The third-order valence-corrected chi connectivity index (χ3v) is 6.11. The number of hydrogen-bond donors (Lipinski definition) is 2. The van der Waals surface area contributed by atoms with Crippen LogP contribution in [0.4, 0.5) is 4.79 Å². The van der Waals surface area contributed by atoms with Crippen LogP contribution in [0.3, 0.4) is 0 Å². The molecule has 164 valence electrons. The highest BCUT2D eigenvalue weighted by molar-refractivity contribution is 5.77. The molecule has 0 aromatic heterocycles. The Labute approximate surface area is 177 Å². The molecule has 0 spiro atoms. The maximum absolute atomic E-state index is 12.7. The summed E-state index contributed by atoms with van der Waals surface area (Å²) >= 11 is 0. The highest BCUT2D eigenvalue weighted by Crippen LogP contribution is 2.32. The van der Waals surface area contributed by atoms with Crippen molar-refractivity contribution in [3.8, 4) is 11.5 Å². The van der Waals surface area contributed by atoms with Gasteiger partial charge in [-0.15, -0.1) is 0 Å². The lowest BCUT2D eigenvalue weighted by molar-refractivity contribution is -1.02. The summed E-state index contributed by atoms with van der Waals surface area (Å²) in [6, 6.07) is 6.17. The van der Waals surface area contributed by atoms with Gasteiger partial charge in [-0.05, 0) is 25.1 Å². The summed E-state index contributed by atoms with van der Waals surface area (Å²) in [5, 5.41) is 0. The van der Waals surface area contributed by atoms with E-state index in [-0.39, 0.29) is 12.0 Å². The summed E-state index contributed by atoms with van der Waals surface area (Å²) < 4.78 is 15.9. The predicted molar refractivity (Wildman–Crippen MR) is 108 cm³/mol. The van der Waals surface area contributed by atoms with Crippen molar-refractivity contribution in [1.29, 1.82) is 0 Å². The summed E-state index contributed by atoms with van der Waals surface area (Å²) in [6.45, 7) is 10.4.